The van der Waals surface area contributed by atoms with E-state index < -0.39 is 0 Å². The van der Waals surface area contributed by atoms with E-state index in [1.54, 1.807) is 6.07 Å². The molecule has 200 valence electrons. The fourth-order valence-corrected chi connectivity index (χ4v) is 3.58. The van der Waals surface area contributed by atoms with Crippen molar-refractivity contribution in [2.24, 2.45) is 5.92 Å². The maximum Gasteiger partial charge on any atom is 0.228 e. The van der Waals surface area contributed by atoms with E-state index in [2.05, 4.69) is 74.9 Å². The van der Waals surface area contributed by atoms with Crippen LogP contribution in [0.4, 0.5) is 17.6 Å². The Bertz CT molecular complexity index is 957. The molecule has 1 atom stereocenters. The Morgan fingerprint density at radius 2 is 1.89 bits per heavy atom. The van der Waals surface area contributed by atoms with Gasteiger partial charge in [-0.3, -0.25) is 10.00 Å². The molecular weight excluding hydrogens is 460 g/mol. The van der Waals surface area contributed by atoms with Gasteiger partial charge in [0.2, 0.25) is 11.8 Å². The maximum absolute atomic E-state index is 5.99. The predicted octanol–water partition coefficient (Wildman–Crippen LogP) is 3.66. The van der Waals surface area contributed by atoms with Crippen LogP contribution in [0.1, 0.15) is 53.2 Å². The molecule has 1 fully saturated rings. The van der Waals surface area contributed by atoms with E-state index in [0.29, 0.717) is 48.5 Å². The Kier molecular flexibility index (Phi) is 10.8. The predicted molar refractivity (Wildman–Crippen MR) is 142 cm³/mol. The summed E-state index contributed by atoms with van der Waals surface area (Å²) in [6.07, 6.45) is 2.08. The minimum Gasteiger partial charge on any atom is -0.476 e. The molecule has 1 saturated heterocycles. The molecule has 36 heavy (non-hydrogen) atoms. The summed E-state index contributed by atoms with van der Waals surface area (Å²) in [6, 6.07) is 3.96. The van der Waals surface area contributed by atoms with Gasteiger partial charge < -0.3 is 24.9 Å². The van der Waals surface area contributed by atoms with Crippen molar-refractivity contribution in [2.45, 2.75) is 53.5 Å². The minimum absolute atomic E-state index is 0.194. The number of aromatic nitrogens is 4. The van der Waals surface area contributed by atoms with Crippen molar-refractivity contribution in [3.63, 3.8) is 0 Å². The first-order valence-corrected chi connectivity index (χ1v) is 13.0. The summed E-state index contributed by atoms with van der Waals surface area (Å²) in [4.78, 5) is 17.0. The molecule has 2 aliphatic rings. The van der Waals surface area contributed by atoms with Crippen LogP contribution in [-0.4, -0.2) is 77.1 Å². The molecule has 4 N–H and O–H groups in total. The van der Waals surface area contributed by atoms with Crippen LogP contribution in [0.2, 0.25) is 0 Å². The first-order valence-electron chi connectivity index (χ1n) is 13.0. The number of hydrogen-bond acceptors (Lipinski definition) is 10. The van der Waals surface area contributed by atoms with Crippen molar-refractivity contribution in [3.05, 3.63) is 29.7 Å². The summed E-state index contributed by atoms with van der Waals surface area (Å²) in [6.45, 7) is 17.7. The fourth-order valence-electron chi connectivity index (χ4n) is 3.58. The van der Waals surface area contributed by atoms with Crippen LogP contribution in [0.15, 0.2) is 24.0 Å². The summed E-state index contributed by atoms with van der Waals surface area (Å²) in [5, 5.41) is 13.9. The lowest BCUT2D eigenvalue weighted by atomic mass is 10.1. The van der Waals surface area contributed by atoms with Crippen molar-refractivity contribution in [1.29, 1.82) is 0 Å². The first kappa shape index (κ1) is 27.7. The summed E-state index contributed by atoms with van der Waals surface area (Å²) >= 11 is 0. The molecule has 2 aromatic heterocycles. The van der Waals surface area contributed by atoms with Crippen molar-refractivity contribution >= 4 is 17.6 Å². The Morgan fingerprint density at radius 3 is 2.56 bits per heavy atom. The van der Waals surface area contributed by atoms with Crippen molar-refractivity contribution in [3.8, 4) is 5.88 Å². The third-order valence-electron chi connectivity index (χ3n) is 5.77. The molecule has 11 heteroatoms. The van der Waals surface area contributed by atoms with Crippen LogP contribution in [0.5, 0.6) is 5.88 Å². The van der Waals surface area contributed by atoms with Crippen LogP contribution < -0.4 is 20.9 Å². The third-order valence-corrected chi connectivity index (χ3v) is 5.77. The highest BCUT2D eigenvalue weighted by Gasteiger charge is 2.20. The maximum atomic E-state index is 5.99. The van der Waals surface area contributed by atoms with Crippen molar-refractivity contribution < 1.29 is 14.3 Å². The normalized spacial score (nSPS) is 17.9. The van der Waals surface area contributed by atoms with Crippen molar-refractivity contribution in [1.82, 2.24) is 30.5 Å². The molecule has 0 bridgehead atoms. The van der Waals surface area contributed by atoms with E-state index in [-0.39, 0.29) is 6.04 Å². The molecule has 0 spiro atoms. The molecule has 1 unspecified atom stereocenters. The van der Waals surface area contributed by atoms with E-state index in [4.69, 9.17) is 14.3 Å². The Hall–Kier alpha value is -2.89. The number of nitrogens with zero attached hydrogens (tertiary/aromatic N) is 4. The van der Waals surface area contributed by atoms with Gasteiger partial charge in [-0.25, -0.2) is 0 Å². The molecular formula is C25H42N8O3. The number of morpholine rings is 1. The van der Waals surface area contributed by atoms with E-state index in [1.807, 2.05) is 19.9 Å². The second-order valence-corrected chi connectivity index (χ2v) is 9.18. The standard InChI is InChI=1S/C23H36N8O3.C2H6/c1-15(2)18-12-21(29-28-18)25-20-13-22(33-10-7-31-5-8-32-9-6-31)27-23(26-20)24-14-17-11-19(16(3)4)30-34-17;1-2/h11-13,15-16,19,30H,5-10,14H2,1-4H3,(H3,24,25,26,27,28,29);1-2H3. The van der Waals surface area contributed by atoms with Gasteiger partial charge in [-0.15, -0.1) is 5.48 Å². The quantitative estimate of drug-likeness (QED) is 0.362. The fraction of sp³-hybridized carbons (Fsp3) is 0.640. The Labute approximate surface area is 214 Å². The molecule has 2 aromatic rings. The molecule has 0 radical (unpaired) electrons. The van der Waals surface area contributed by atoms with Gasteiger partial charge in [0.1, 0.15) is 18.2 Å². The number of hydroxylamine groups is 1. The zero-order valence-electron chi connectivity index (χ0n) is 22.4. The van der Waals surface area contributed by atoms with E-state index >= 15 is 0 Å². The minimum atomic E-state index is 0.194. The lowest BCUT2D eigenvalue weighted by Crippen LogP contribution is -2.38. The topological polar surface area (TPSA) is 121 Å². The van der Waals surface area contributed by atoms with E-state index in [0.717, 1.165) is 44.3 Å². The van der Waals surface area contributed by atoms with E-state index in [9.17, 15) is 0 Å². The Balaban J connectivity index is 0.00000176. The number of nitrogens with one attached hydrogen (secondary N) is 4. The average Bonchev–Trinajstić information content (AvgIpc) is 3.55. The molecule has 4 rings (SSSR count). The molecule has 11 nitrogen and oxygen atoms in total. The SMILES string of the molecule is CC.CC(C)c1cc(Nc2cc(OCCN3CCOCC3)nc(NCC3=CC(C(C)C)NO3)n2)n[nH]1. The number of H-pyrrole nitrogens is 1. The van der Waals surface area contributed by atoms with Gasteiger partial charge in [0.25, 0.3) is 0 Å². The first-order chi connectivity index (χ1) is 17.5. The van der Waals surface area contributed by atoms with Gasteiger partial charge in [0.15, 0.2) is 5.82 Å². The van der Waals surface area contributed by atoms with Gasteiger partial charge in [0.05, 0.1) is 25.8 Å². The second kappa shape index (κ2) is 14.0. The van der Waals surface area contributed by atoms with E-state index in [1.165, 1.54) is 0 Å². The molecule has 4 heterocycles. The molecule has 0 aliphatic carbocycles. The highest BCUT2D eigenvalue weighted by atomic mass is 16.7. The number of aromatic amines is 1. The van der Waals surface area contributed by atoms with Gasteiger partial charge in [-0.1, -0.05) is 41.5 Å². The summed E-state index contributed by atoms with van der Waals surface area (Å²) in [5.74, 6) is 3.84. The van der Waals surface area contributed by atoms with Gasteiger partial charge in [-0.2, -0.15) is 15.1 Å². The number of rotatable bonds is 11. The number of anilines is 3. The molecule has 0 aromatic carbocycles. The average molecular weight is 503 g/mol. The second-order valence-electron chi connectivity index (χ2n) is 9.18. The van der Waals surface area contributed by atoms with Gasteiger partial charge in [-0.05, 0) is 17.9 Å². The van der Waals surface area contributed by atoms with Crippen LogP contribution in [0.25, 0.3) is 0 Å². The Morgan fingerprint density at radius 1 is 1.11 bits per heavy atom. The molecule has 2 aliphatic heterocycles. The lowest BCUT2D eigenvalue weighted by Gasteiger charge is -2.26. The van der Waals surface area contributed by atoms with Crippen molar-refractivity contribution in [2.75, 3.05) is 56.6 Å². The highest BCUT2D eigenvalue weighted by molar-refractivity contribution is 5.55. The smallest absolute Gasteiger partial charge is 0.228 e. The largest absolute Gasteiger partial charge is 0.476 e. The van der Waals surface area contributed by atoms with Crippen LogP contribution >= 0.6 is 0 Å². The molecule has 0 saturated carbocycles. The highest BCUT2D eigenvalue weighted by Crippen LogP contribution is 2.22. The molecule has 0 amide bonds. The monoisotopic (exact) mass is 502 g/mol. The summed E-state index contributed by atoms with van der Waals surface area (Å²) < 4.78 is 11.4. The lowest BCUT2D eigenvalue weighted by molar-refractivity contribution is 0.0320. The third kappa shape index (κ3) is 8.35. The summed E-state index contributed by atoms with van der Waals surface area (Å²) in [5.41, 5.74) is 4.08. The summed E-state index contributed by atoms with van der Waals surface area (Å²) in [7, 11) is 0. The van der Waals surface area contributed by atoms with Gasteiger partial charge >= 0.3 is 0 Å². The van der Waals surface area contributed by atoms with Gasteiger partial charge in [0, 0.05) is 37.5 Å². The number of hydrogen-bond donors (Lipinski definition) is 4. The van der Waals surface area contributed by atoms with Crippen LogP contribution in [-0.2, 0) is 9.57 Å². The zero-order chi connectivity index (χ0) is 25.9. The zero-order valence-corrected chi connectivity index (χ0v) is 22.4. The van der Waals surface area contributed by atoms with Crippen LogP contribution in [0.3, 0.4) is 0 Å². The van der Waals surface area contributed by atoms with Crippen LogP contribution in [0, 0.1) is 5.92 Å². The number of ether oxygens (including phenoxy) is 2.